The van der Waals surface area contributed by atoms with Crippen LogP contribution in [0.25, 0.3) is 0 Å². The van der Waals surface area contributed by atoms with Crippen molar-refractivity contribution < 1.29 is 86.5 Å². The van der Waals surface area contributed by atoms with Gasteiger partial charge in [0.1, 0.15) is 12.2 Å². The van der Waals surface area contributed by atoms with Crippen molar-refractivity contribution in [2.24, 2.45) is 0 Å². The molecule has 8 heteroatoms. The van der Waals surface area contributed by atoms with Gasteiger partial charge in [-0.05, 0) is 0 Å². The van der Waals surface area contributed by atoms with Crippen molar-refractivity contribution in [2.75, 3.05) is 0 Å². The van der Waals surface area contributed by atoms with E-state index in [1.54, 1.807) is 0 Å². The van der Waals surface area contributed by atoms with Crippen LogP contribution in [0.4, 0.5) is 0 Å². The molecule has 0 unspecified atom stereocenters. The van der Waals surface area contributed by atoms with E-state index in [4.69, 9.17) is 20.4 Å². The third kappa shape index (κ3) is 5.03. The number of carbonyl (C=O) groups excluding carboxylic acids is 1. The smallest absolute Gasteiger partial charge is 0.547 e. The van der Waals surface area contributed by atoms with Crippen LogP contribution >= 0.6 is 0 Å². The second-order valence-electron chi connectivity index (χ2n) is 2.04. The molecule has 3 atom stereocenters. The van der Waals surface area contributed by atoms with E-state index in [-0.39, 0.29) is 51.4 Å². The Morgan fingerprint density at radius 1 is 1.08 bits per heavy atom. The minimum absolute atomic E-state index is 0. The van der Waals surface area contributed by atoms with E-state index < -0.39 is 30.3 Å². The van der Waals surface area contributed by atoms with Crippen LogP contribution in [0.3, 0.4) is 0 Å². The van der Waals surface area contributed by atoms with Crippen molar-refractivity contribution in [1.29, 1.82) is 0 Å². The molecule has 70 valence electrons. The SMILES string of the molecule is O=C(O)[C@@H](O)[C@H](O)[C@@H](O)C(=O)[O-].[K+]. The van der Waals surface area contributed by atoms with Crippen molar-refractivity contribution in [2.45, 2.75) is 18.3 Å². The monoisotopic (exact) mass is 218 g/mol. The zero-order chi connectivity index (χ0) is 9.89. The maximum Gasteiger partial charge on any atom is 1.00 e. The van der Waals surface area contributed by atoms with E-state index in [1.165, 1.54) is 0 Å². The van der Waals surface area contributed by atoms with Crippen LogP contribution in [-0.2, 0) is 9.59 Å². The molecule has 0 aromatic carbocycles. The summed E-state index contributed by atoms with van der Waals surface area (Å²) in [6.45, 7) is 0. The Bertz CT molecular complexity index is 173. The summed E-state index contributed by atoms with van der Waals surface area (Å²) in [5, 5.41) is 43.5. The van der Waals surface area contributed by atoms with Gasteiger partial charge in [-0.1, -0.05) is 0 Å². The fraction of sp³-hybridized carbons (Fsp3) is 0.600. The summed E-state index contributed by atoms with van der Waals surface area (Å²) in [7, 11) is 0. The zero-order valence-electron chi connectivity index (χ0n) is 6.75. The zero-order valence-corrected chi connectivity index (χ0v) is 9.87. The number of aliphatic hydroxyl groups excluding tert-OH is 3. The Hall–Kier alpha value is 0.456. The first-order chi connectivity index (χ1) is 5.37. The average molecular weight is 218 g/mol. The fourth-order valence-electron chi connectivity index (χ4n) is 0.458. The van der Waals surface area contributed by atoms with E-state index in [2.05, 4.69) is 0 Å². The standard InChI is InChI=1S/C5H8O7.K/c6-1(2(7)4(9)10)3(8)5(11)12;/h1-3,6-8H,(H,9,10)(H,11,12);/q;+1/p-1/t1-,2-,3+;. The number of carboxylic acid groups (broad SMARTS) is 2. The van der Waals surface area contributed by atoms with E-state index >= 15 is 0 Å². The van der Waals surface area contributed by atoms with Gasteiger partial charge in [-0.3, -0.25) is 0 Å². The third-order valence-electron chi connectivity index (χ3n) is 1.14. The van der Waals surface area contributed by atoms with Crippen LogP contribution in [0.2, 0.25) is 0 Å². The normalized spacial score (nSPS) is 16.5. The van der Waals surface area contributed by atoms with E-state index in [0.29, 0.717) is 0 Å². The molecular formula is C5H7KO7. The molecule has 0 radical (unpaired) electrons. The average Bonchev–Trinajstić information content (AvgIpc) is 2.00. The number of aliphatic hydroxyl groups is 3. The molecule has 0 spiro atoms. The summed E-state index contributed by atoms with van der Waals surface area (Å²) in [4.78, 5) is 19.8. The molecule has 0 rings (SSSR count). The predicted molar refractivity (Wildman–Crippen MR) is 30.7 cm³/mol. The van der Waals surface area contributed by atoms with Crippen molar-refractivity contribution in [1.82, 2.24) is 0 Å². The molecular weight excluding hydrogens is 211 g/mol. The van der Waals surface area contributed by atoms with Crippen LogP contribution < -0.4 is 56.5 Å². The minimum atomic E-state index is -2.42. The summed E-state index contributed by atoms with van der Waals surface area (Å²) < 4.78 is 0. The minimum Gasteiger partial charge on any atom is -0.547 e. The van der Waals surface area contributed by atoms with E-state index in [9.17, 15) is 14.7 Å². The maximum atomic E-state index is 9.93. The van der Waals surface area contributed by atoms with Gasteiger partial charge in [0.15, 0.2) is 6.10 Å². The molecule has 0 bridgehead atoms. The molecule has 0 aliphatic heterocycles. The Morgan fingerprint density at radius 3 is 1.69 bits per heavy atom. The maximum absolute atomic E-state index is 9.93. The molecule has 4 N–H and O–H groups in total. The predicted octanol–water partition coefficient (Wildman–Crippen LogP) is -7.09. The third-order valence-corrected chi connectivity index (χ3v) is 1.14. The van der Waals surface area contributed by atoms with Crippen molar-refractivity contribution in [3.63, 3.8) is 0 Å². The van der Waals surface area contributed by atoms with Crippen LogP contribution in [0.1, 0.15) is 0 Å². The van der Waals surface area contributed by atoms with Crippen molar-refractivity contribution in [3.8, 4) is 0 Å². The first-order valence-corrected chi connectivity index (χ1v) is 2.85. The Morgan fingerprint density at radius 2 is 1.46 bits per heavy atom. The molecule has 0 heterocycles. The molecule has 0 fully saturated rings. The molecule has 0 aromatic rings. The van der Waals surface area contributed by atoms with Gasteiger partial charge >= 0.3 is 57.4 Å². The van der Waals surface area contributed by atoms with Crippen LogP contribution in [0, 0.1) is 0 Å². The first kappa shape index (κ1) is 15.9. The number of hydrogen-bond donors (Lipinski definition) is 4. The summed E-state index contributed by atoms with van der Waals surface area (Å²) in [6.07, 6.45) is -7.07. The fourth-order valence-corrected chi connectivity index (χ4v) is 0.458. The van der Waals surface area contributed by atoms with Gasteiger partial charge in [-0.2, -0.15) is 0 Å². The van der Waals surface area contributed by atoms with Crippen molar-refractivity contribution >= 4 is 11.9 Å². The molecule has 7 nitrogen and oxygen atoms in total. The van der Waals surface area contributed by atoms with Gasteiger partial charge in [-0.25, -0.2) is 4.79 Å². The van der Waals surface area contributed by atoms with Crippen LogP contribution in [-0.4, -0.2) is 50.7 Å². The quantitative estimate of drug-likeness (QED) is 0.344. The van der Waals surface area contributed by atoms with Gasteiger partial charge in [0.05, 0.1) is 5.97 Å². The second kappa shape index (κ2) is 6.84. The summed E-state index contributed by atoms with van der Waals surface area (Å²) >= 11 is 0. The largest absolute Gasteiger partial charge is 1.00 e. The Labute approximate surface area is 115 Å². The van der Waals surface area contributed by atoms with Gasteiger partial charge < -0.3 is 30.3 Å². The summed E-state index contributed by atoms with van der Waals surface area (Å²) in [6, 6.07) is 0. The van der Waals surface area contributed by atoms with Gasteiger partial charge in [0, 0.05) is 0 Å². The number of carbonyl (C=O) groups is 2. The Kier molecular flexibility index (Phi) is 8.37. The summed E-state index contributed by atoms with van der Waals surface area (Å²) in [5.74, 6) is -3.88. The molecule has 0 amide bonds. The van der Waals surface area contributed by atoms with Crippen LogP contribution in [0.15, 0.2) is 0 Å². The molecule has 0 aliphatic carbocycles. The van der Waals surface area contributed by atoms with Crippen LogP contribution in [0.5, 0.6) is 0 Å². The first-order valence-electron chi connectivity index (χ1n) is 2.85. The van der Waals surface area contributed by atoms with E-state index in [1.807, 2.05) is 0 Å². The number of aliphatic carboxylic acids is 2. The molecule has 0 saturated carbocycles. The number of hydrogen-bond acceptors (Lipinski definition) is 6. The van der Waals surface area contributed by atoms with E-state index in [0.717, 1.165) is 0 Å². The van der Waals surface area contributed by atoms with Gasteiger partial charge in [0.2, 0.25) is 0 Å². The number of carboxylic acids is 2. The topological polar surface area (TPSA) is 138 Å². The van der Waals surface area contributed by atoms with Gasteiger partial charge in [0.25, 0.3) is 0 Å². The molecule has 13 heavy (non-hydrogen) atoms. The number of rotatable bonds is 4. The molecule has 0 saturated heterocycles. The van der Waals surface area contributed by atoms with Gasteiger partial charge in [-0.15, -0.1) is 0 Å². The summed E-state index contributed by atoms with van der Waals surface area (Å²) in [5.41, 5.74) is 0. The van der Waals surface area contributed by atoms with Crippen molar-refractivity contribution in [3.05, 3.63) is 0 Å². The Balaban J connectivity index is 0. The molecule has 0 aliphatic rings. The second-order valence-corrected chi connectivity index (χ2v) is 2.04. The molecule has 0 aromatic heterocycles.